The fourth-order valence-corrected chi connectivity index (χ4v) is 6.23. The number of halogens is 1. The fourth-order valence-electron chi connectivity index (χ4n) is 6.23. The molecule has 5 rings (SSSR count). The van der Waals surface area contributed by atoms with Gasteiger partial charge in [-0.25, -0.2) is 9.37 Å². The largest absolute Gasteiger partial charge is 0.384 e. The molecule has 0 saturated carbocycles. The van der Waals surface area contributed by atoms with E-state index in [0.717, 1.165) is 49.0 Å². The summed E-state index contributed by atoms with van der Waals surface area (Å²) in [6.45, 7) is 4.52. The Morgan fingerprint density at radius 2 is 1.91 bits per heavy atom. The van der Waals surface area contributed by atoms with Gasteiger partial charge in [-0.15, -0.1) is 0 Å². The van der Waals surface area contributed by atoms with Crippen LogP contribution < -0.4 is 10.2 Å². The van der Waals surface area contributed by atoms with Crippen LogP contribution in [0.5, 0.6) is 0 Å². The first-order valence-electron chi connectivity index (χ1n) is 12.8. The number of nitrogens with one attached hydrogen (secondary N) is 1. The molecule has 6 nitrogen and oxygen atoms in total. The summed E-state index contributed by atoms with van der Waals surface area (Å²) >= 11 is 0. The second-order valence-corrected chi connectivity index (χ2v) is 9.92. The molecule has 2 fully saturated rings. The quantitative estimate of drug-likeness (QED) is 0.467. The first-order valence-corrected chi connectivity index (χ1v) is 12.8. The van der Waals surface area contributed by atoms with Gasteiger partial charge in [0.2, 0.25) is 5.91 Å². The summed E-state index contributed by atoms with van der Waals surface area (Å²) in [7, 11) is 1.61. The first kappa shape index (κ1) is 23.8. The second-order valence-electron chi connectivity index (χ2n) is 9.92. The van der Waals surface area contributed by atoms with Crippen molar-refractivity contribution in [3.63, 3.8) is 0 Å². The maximum absolute atomic E-state index is 14.4. The fraction of sp³-hybridized carbons (Fsp3) is 0.500. The van der Waals surface area contributed by atoms with Crippen molar-refractivity contribution in [1.29, 1.82) is 0 Å². The molecule has 2 bridgehead atoms. The average Bonchev–Trinajstić information content (AvgIpc) is 3.34. The van der Waals surface area contributed by atoms with Crippen molar-refractivity contribution >= 4 is 22.6 Å². The molecule has 2 saturated heterocycles. The molecule has 0 radical (unpaired) electrons. The third-order valence-electron chi connectivity index (χ3n) is 7.77. The van der Waals surface area contributed by atoms with E-state index >= 15 is 0 Å². The Labute approximate surface area is 206 Å². The molecule has 1 aromatic heterocycles. The van der Waals surface area contributed by atoms with E-state index in [0.29, 0.717) is 36.7 Å². The predicted octanol–water partition coefficient (Wildman–Crippen LogP) is 5.46. The van der Waals surface area contributed by atoms with E-state index in [2.05, 4.69) is 51.0 Å². The smallest absolute Gasteiger partial charge is 0.222 e. The number of rotatable bonds is 8. The highest BCUT2D eigenvalue weighted by Gasteiger charge is 2.42. The average molecular weight is 479 g/mol. The number of para-hydroxylation sites is 1. The normalized spacial score (nSPS) is 22.5. The standard InChI is InChI=1S/C28H35FN4O2/c1-4-25(31-27(34)13-14-35-3)19-7-5-8-20(15-19)33-21-11-12-22(33)17-23(16-21)32-18(2)30-28-24(29)9-6-10-26(28)32/h5-10,15,21-23,25H,4,11-14,16-17H2,1-3H3,(H,31,34)/t21-,22+,23?,25-/m0/s1. The lowest BCUT2D eigenvalue weighted by molar-refractivity contribution is -0.122. The first-order chi connectivity index (χ1) is 17.0. The van der Waals surface area contributed by atoms with E-state index in [9.17, 15) is 9.18 Å². The van der Waals surface area contributed by atoms with Gasteiger partial charge in [-0.2, -0.15) is 0 Å². The van der Waals surface area contributed by atoms with Gasteiger partial charge in [-0.05, 0) is 68.9 Å². The van der Waals surface area contributed by atoms with Crippen LogP contribution in [0.25, 0.3) is 11.0 Å². The summed E-state index contributed by atoms with van der Waals surface area (Å²) in [6, 6.07) is 15.1. The van der Waals surface area contributed by atoms with Crippen LogP contribution in [-0.4, -0.2) is 41.3 Å². The lowest BCUT2D eigenvalue weighted by atomic mass is 9.95. The number of fused-ring (bicyclic) bond motifs is 3. The van der Waals surface area contributed by atoms with E-state index < -0.39 is 0 Å². The lowest BCUT2D eigenvalue weighted by Crippen LogP contribution is -2.43. The molecule has 186 valence electrons. The molecule has 0 aliphatic carbocycles. The Balaban J connectivity index is 1.36. The van der Waals surface area contributed by atoms with E-state index in [4.69, 9.17) is 4.74 Å². The number of ether oxygens (including phenoxy) is 1. The molecule has 3 aromatic rings. The number of hydrogen-bond acceptors (Lipinski definition) is 4. The van der Waals surface area contributed by atoms with Crippen LogP contribution in [0, 0.1) is 12.7 Å². The Hall–Kier alpha value is -2.93. The van der Waals surface area contributed by atoms with Crippen LogP contribution >= 0.6 is 0 Å². The molecule has 1 amide bonds. The van der Waals surface area contributed by atoms with Gasteiger partial charge in [-0.1, -0.05) is 25.1 Å². The molecule has 3 heterocycles. The topological polar surface area (TPSA) is 59.4 Å². The molecule has 2 aliphatic rings. The Morgan fingerprint density at radius 1 is 1.17 bits per heavy atom. The van der Waals surface area contributed by atoms with Crippen molar-refractivity contribution in [2.75, 3.05) is 18.6 Å². The third-order valence-corrected chi connectivity index (χ3v) is 7.77. The van der Waals surface area contributed by atoms with Crippen molar-refractivity contribution in [3.8, 4) is 0 Å². The summed E-state index contributed by atoms with van der Waals surface area (Å²) in [5.41, 5.74) is 3.75. The molecule has 0 spiro atoms. The predicted molar refractivity (Wildman–Crippen MR) is 136 cm³/mol. The number of carbonyl (C=O) groups is 1. The summed E-state index contributed by atoms with van der Waals surface area (Å²) < 4.78 is 21.7. The van der Waals surface area contributed by atoms with Crippen molar-refractivity contribution < 1.29 is 13.9 Å². The van der Waals surface area contributed by atoms with Gasteiger partial charge in [0, 0.05) is 37.3 Å². The van der Waals surface area contributed by atoms with Gasteiger partial charge in [-0.3, -0.25) is 4.79 Å². The zero-order valence-corrected chi connectivity index (χ0v) is 20.8. The minimum Gasteiger partial charge on any atom is -0.384 e. The number of hydrogen-bond donors (Lipinski definition) is 1. The van der Waals surface area contributed by atoms with Crippen LogP contribution in [0.15, 0.2) is 42.5 Å². The van der Waals surface area contributed by atoms with Gasteiger partial charge in [0.1, 0.15) is 11.3 Å². The maximum Gasteiger partial charge on any atom is 0.222 e. The number of nitrogens with zero attached hydrogens (tertiary/aromatic N) is 3. The van der Waals surface area contributed by atoms with Crippen molar-refractivity contribution in [3.05, 3.63) is 59.7 Å². The summed E-state index contributed by atoms with van der Waals surface area (Å²) in [6.07, 6.45) is 5.58. The molecular formula is C28H35FN4O2. The van der Waals surface area contributed by atoms with Crippen molar-refractivity contribution in [2.45, 2.75) is 76.5 Å². The number of carbonyl (C=O) groups excluding carboxylic acids is 1. The van der Waals surface area contributed by atoms with Gasteiger partial charge < -0.3 is 19.5 Å². The Bertz CT molecular complexity index is 1190. The number of piperidine rings is 1. The van der Waals surface area contributed by atoms with E-state index in [1.807, 2.05) is 13.0 Å². The van der Waals surface area contributed by atoms with E-state index in [1.54, 1.807) is 13.2 Å². The molecule has 7 heteroatoms. The lowest BCUT2D eigenvalue weighted by Gasteiger charge is -2.41. The monoisotopic (exact) mass is 478 g/mol. The van der Waals surface area contributed by atoms with Gasteiger partial charge in [0.25, 0.3) is 0 Å². The highest BCUT2D eigenvalue weighted by Crippen LogP contribution is 2.45. The van der Waals surface area contributed by atoms with E-state index in [1.165, 1.54) is 11.8 Å². The number of amides is 1. The van der Waals surface area contributed by atoms with E-state index in [-0.39, 0.29) is 17.8 Å². The highest BCUT2D eigenvalue weighted by molar-refractivity contribution is 5.77. The van der Waals surface area contributed by atoms with Crippen molar-refractivity contribution in [2.24, 2.45) is 0 Å². The number of benzene rings is 2. The third kappa shape index (κ3) is 4.54. The van der Waals surface area contributed by atoms with Crippen LogP contribution in [0.4, 0.5) is 10.1 Å². The summed E-state index contributed by atoms with van der Waals surface area (Å²) in [5, 5.41) is 3.16. The van der Waals surface area contributed by atoms with Crippen LogP contribution in [0.2, 0.25) is 0 Å². The van der Waals surface area contributed by atoms with Crippen LogP contribution in [0.3, 0.4) is 0 Å². The van der Waals surface area contributed by atoms with Crippen molar-refractivity contribution in [1.82, 2.24) is 14.9 Å². The van der Waals surface area contributed by atoms with Gasteiger partial charge >= 0.3 is 0 Å². The number of imidazole rings is 1. The maximum atomic E-state index is 14.4. The molecule has 2 aliphatic heterocycles. The zero-order valence-electron chi connectivity index (χ0n) is 20.8. The molecule has 1 unspecified atom stereocenters. The molecule has 4 atom stereocenters. The zero-order chi connectivity index (χ0) is 24.5. The number of aryl methyl sites for hydroxylation is 1. The Kier molecular flexibility index (Phi) is 6.78. The number of aromatic nitrogens is 2. The summed E-state index contributed by atoms with van der Waals surface area (Å²) in [4.78, 5) is 19.4. The minimum absolute atomic E-state index is 0.00985. The minimum atomic E-state index is -0.249. The van der Waals surface area contributed by atoms with Crippen LogP contribution in [0.1, 0.15) is 68.9 Å². The number of anilines is 1. The molecule has 2 aromatic carbocycles. The van der Waals surface area contributed by atoms with Gasteiger partial charge in [0.05, 0.1) is 18.2 Å². The Morgan fingerprint density at radius 3 is 2.63 bits per heavy atom. The highest BCUT2D eigenvalue weighted by atomic mass is 19.1. The molecule has 1 N–H and O–H groups in total. The SMILES string of the molecule is CC[C@H](NC(=O)CCOC)c1cccc(N2[C@@H]3CC[C@H]2CC(n2c(C)nc4c(F)cccc42)C3)c1. The van der Waals surface area contributed by atoms with Gasteiger partial charge in [0.15, 0.2) is 5.82 Å². The molecule has 35 heavy (non-hydrogen) atoms. The van der Waals surface area contributed by atoms with Crippen LogP contribution in [-0.2, 0) is 9.53 Å². The molecular weight excluding hydrogens is 443 g/mol. The summed E-state index contributed by atoms with van der Waals surface area (Å²) in [5.74, 6) is 0.658. The second kappa shape index (κ2) is 9.97. The number of methoxy groups -OCH3 is 1.